The van der Waals surface area contributed by atoms with Crippen LogP contribution in [0.25, 0.3) is 21.9 Å². The molecule has 0 unspecified atom stereocenters. The second-order valence-corrected chi connectivity index (χ2v) is 8.33. The molecular weight excluding hydrogens is 374 g/mol. The number of halogens is 1. The molecule has 0 N–H and O–H groups in total. The maximum absolute atomic E-state index is 6.50. The molecule has 1 aromatic carbocycles. The van der Waals surface area contributed by atoms with Crippen LogP contribution in [0, 0.1) is 0 Å². The maximum Gasteiger partial charge on any atom is 0.157 e. The summed E-state index contributed by atoms with van der Waals surface area (Å²) in [5.74, 6) is 1.14. The predicted molar refractivity (Wildman–Crippen MR) is 116 cm³/mol. The molecule has 140 valence electrons. The SMILES string of the molecule is CCCCc1nc2c(Cl)nc3ccccc3c2n1CCCCc1cccs1. The number of hydrogen-bond donors (Lipinski definition) is 0. The summed E-state index contributed by atoms with van der Waals surface area (Å²) in [6.45, 7) is 3.20. The highest BCUT2D eigenvalue weighted by Crippen LogP contribution is 2.30. The fraction of sp³-hybridized carbons (Fsp3) is 0.364. The van der Waals surface area contributed by atoms with Crippen LogP contribution in [0.3, 0.4) is 0 Å². The molecule has 0 bridgehead atoms. The number of nitrogens with zero attached hydrogens (tertiary/aromatic N) is 3. The van der Waals surface area contributed by atoms with Gasteiger partial charge in [-0.2, -0.15) is 0 Å². The van der Waals surface area contributed by atoms with Crippen molar-refractivity contribution in [2.75, 3.05) is 0 Å². The predicted octanol–water partition coefficient (Wildman–Crippen LogP) is 6.66. The first-order valence-electron chi connectivity index (χ1n) is 9.73. The number of unbranched alkanes of at least 4 members (excludes halogenated alkanes) is 2. The quantitative estimate of drug-likeness (QED) is 0.245. The third-order valence-corrected chi connectivity index (χ3v) is 6.21. The Morgan fingerprint density at radius 1 is 1.00 bits per heavy atom. The molecule has 4 aromatic rings. The van der Waals surface area contributed by atoms with Crippen LogP contribution in [0.2, 0.25) is 5.15 Å². The number of hydrogen-bond acceptors (Lipinski definition) is 3. The van der Waals surface area contributed by atoms with E-state index in [0.717, 1.165) is 66.4 Å². The Morgan fingerprint density at radius 2 is 1.89 bits per heavy atom. The fourth-order valence-corrected chi connectivity index (χ4v) is 4.61. The molecule has 0 spiro atoms. The summed E-state index contributed by atoms with van der Waals surface area (Å²) >= 11 is 8.35. The Hall–Kier alpha value is -1.91. The Bertz CT molecular complexity index is 1040. The van der Waals surface area contributed by atoms with E-state index in [0.29, 0.717) is 5.15 Å². The molecule has 5 heteroatoms. The van der Waals surface area contributed by atoms with Crippen molar-refractivity contribution >= 4 is 44.9 Å². The first-order chi connectivity index (χ1) is 13.3. The minimum Gasteiger partial charge on any atom is -0.327 e. The van der Waals surface area contributed by atoms with Gasteiger partial charge in [-0.15, -0.1) is 11.3 Å². The maximum atomic E-state index is 6.50. The van der Waals surface area contributed by atoms with E-state index in [2.05, 4.69) is 46.1 Å². The lowest BCUT2D eigenvalue weighted by Gasteiger charge is -2.10. The molecule has 3 nitrogen and oxygen atoms in total. The van der Waals surface area contributed by atoms with Crippen molar-refractivity contribution in [3.63, 3.8) is 0 Å². The molecule has 0 atom stereocenters. The molecule has 3 aromatic heterocycles. The summed E-state index contributed by atoms with van der Waals surface area (Å²) < 4.78 is 2.40. The molecule has 0 amide bonds. The molecule has 0 saturated carbocycles. The number of aryl methyl sites for hydroxylation is 3. The average Bonchev–Trinajstić information content (AvgIpc) is 3.32. The zero-order valence-corrected chi connectivity index (χ0v) is 17.2. The summed E-state index contributed by atoms with van der Waals surface area (Å²) in [5.41, 5.74) is 2.93. The number of fused-ring (bicyclic) bond motifs is 3. The highest BCUT2D eigenvalue weighted by atomic mass is 35.5. The van der Waals surface area contributed by atoms with Gasteiger partial charge in [0.15, 0.2) is 5.15 Å². The molecule has 0 aliphatic heterocycles. The standard InChI is InChI=1S/C22H24ClN3S/c1-2-3-13-19-25-20-21(17-11-4-5-12-18(17)24-22(20)23)26(19)14-7-6-9-16-10-8-15-27-16/h4-5,8,10-12,15H,2-3,6-7,9,13-14H2,1H3. The van der Waals surface area contributed by atoms with Crippen LogP contribution >= 0.6 is 22.9 Å². The van der Waals surface area contributed by atoms with Gasteiger partial charge in [-0.3, -0.25) is 0 Å². The second-order valence-electron chi connectivity index (χ2n) is 6.94. The van der Waals surface area contributed by atoms with Gasteiger partial charge in [-0.05, 0) is 43.2 Å². The van der Waals surface area contributed by atoms with Gasteiger partial charge in [-0.1, -0.05) is 49.2 Å². The van der Waals surface area contributed by atoms with E-state index >= 15 is 0 Å². The van der Waals surface area contributed by atoms with Gasteiger partial charge in [0.2, 0.25) is 0 Å². The number of aromatic nitrogens is 3. The summed E-state index contributed by atoms with van der Waals surface area (Å²) in [6, 6.07) is 12.6. The minimum atomic E-state index is 0.513. The van der Waals surface area contributed by atoms with Gasteiger partial charge < -0.3 is 4.57 Å². The second kappa shape index (κ2) is 8.41. The van der Waals surface area contributed by atoms with Crippen LogP contribution in [-0.4, -0.2) is 14.5 Å². The molecule has 0 aliphatic rings. The van der Waals surface area contributed by atoms with Crippen LogP contribution in [0.15, 0.2) is 41.8 Å². The van der Waals surface area contributed by atoms with Gasteiger partial charge in [0.1, 0.15) is 11.3 Å². The van der Waals surface area contributed by atoms with Crippen molar-refractivity contribution in [2.24, 2.45) is 0 Å². The van der Waals surface area contributed by atoms with E-state index in [9.17, 15) is 0 Å². The highest BCUT2D eigenvalue weighted by molar-refractivity contribution is 7.09. The lowest BCUT2D eigenvalue weighted by molar-refractivity contribution is 0.590. The van der Waals surface area contributed by atoms with Gasteiger partial charge in [0.05, 0.1) is 11.0 Å². The van der Waals surface area contributed by atoms with Crippen molar-refractivity contribution in [2.45, 2.75) is 52.0 Å². The van der Waals surface area contributed by atoms with Crippen molar-refractivity contribution < 1.29 is 0 Å². The van der Waals surface area contributed by atoms with Crippen LogP contribution in [-0.2, 0) is 19.4 Å². The number of thiophene rings is 1. The number of pyridine rings is 1. The molecule has 0 radical (unpaired) electrons. The van der Waals surface area contributed by atoms with Gasteiger partial charge >= 0.3 is 0 Å². The zero-order valence-electron chi connectivity index (χ0n) is 15.6. The average molecular weight is 398 g/mol. The van der Waals surface area contributed by atoms with Gasteiger partial charge in [-0.25, -0.2) is 9.97 Å². The van der Waals surface area contributed by atoms with E-state index in [1.807, 2.05) is 23.5 Å². The van der Waals surface area contributed by atoms with Crippen molar-refractivity contribution in [3.05, 3.63) is 57.6 Å². The van der Waals surface area contributed by atoms with E-state index in [-0.39, 0.29) is 0 Å². The lowest BCUT2D eigenvalue weighted by atomic mass is 10.1. The topological polar surface area (TPSA) is 30.7 Å². The minimum absolute atomic E-state index is 0.513. The molecule has 0 saturated heterocycles. The van der Waals surface area contributed by atoms with E-state index in [1.54, 1.807) is 0 Å². The molecule has 27 heavy (non-hydrogen) atoms. The largest absolute Gasteiger partial charge is 0.327 e. The first-order valence-corrected chi connectivity index (χ1v) is 11.0. The van der Waals surface area contributed by atoms with E-state index < -0.39 is 0 Å². The number of benzene rings is 1. The highest BCUT2D eigenvalue weighted by Gasteiger charge is 2.17. The molecule has 0 aliphatic carbocycles. The zero-order chi connectivity index (χ0) is 18.6. The monoisotopic (exact) mass is 397 g/mol. The van der Waals surface area contributed by atoms with Crippen molar-refractivity contribution in [1.82, 2.24) is 14.5 Å². The fourth-order valence-electron chi connectivity index (χ4n) is 3.64. The number of rotatable bonds is 8. The van der Waals surface area contributed by atoms with Crippen LogP contribution in [0.1, 0.15) is 43.3 Å². The third kappa shape index (κ3) is 3.87. The van der Waals surface area contributed by atoms with E-state index in [4.69, 9.17) is 16.6 Å². The Labute approximate surface area is 169 Å². The Kier molecular flexibility index (Phi) is 5.74. The van der Waals surface area contributed by atoms with Crippen LogP contribution < -0.4 is 0 Å². The van der Waals surface area contributed by atoms with Gasteiger partial charge in [0, 0.05) is 23.2 Å². The molecule has 4 rings (SSSR count). The normalized spacial score (nSPS) is 11.6. The van der Waals surface area contributed by atoms with Crippen molar-refractivity contribution in [3.8, 4) is 0 Å². The molecular formula is C22H24ClN3S. The van der Waals surface area contributed by atoms with E-state index in [1.165, 1.54) is 11.3 Å². The lowest BCUT2D eigenvalue weighted by Crippen LogP contribution is -2.05. The van der Waals surface area contributed by atoms with Crippen LogP contribution in [0.4, 0.5) is 0 Å². The molecule has 3 heterocycles. The summed E-state index contributed by atoms with van der Waals surface area (Å²) in [6.07, 6.45) is 6.76. The summed E-state index contributed by atoms with van der Waals surface area (Å²) in [4.78, 5) is 10.9. The first kappa shape index (κ1) is 18.5. The third-order valence-electron chi connectivity index (χ3n) is 5.01. The number of para-hydroxylation sites is 1. The summed E-state index contributed by atoms with van der Waals surface area (Å²) in [7, 11) is 0. The van der Waals surface area contributed by atoms with Crippen molar-refractivity contribution in [1.29, 1.82) is 0 Å². The van der Waals surface area contributed by atoms with Crippen LogP contribution in [0.5, 0.6) is 0 Å². The Balaban J connectivity index is 1.68. The smallest absolute Gasteiger partial charge is 0.157 e. The molecule has 0 fully saturated rings. The summed E-state index contributed by atoms with van der Waals surface area (Å²) in [5, 5.41) is 3.81. The number of imidazole rings is 1. The van der Waals surface area contributed by atoms with Gasteiger partial charge in [0.25, 0.3) is 0 Å². The Morgan fingerprint density at radius 3 is 2.70 bits per heavy atom.